The third-order valence-corrected chi connectivity index (χ3v) is 3.75. The van der Waals surface area contributed by atoms with Gasteiger partial charge in [-0.15, -0.1) is 0 Å². The fourth-order valence-corrected chi connectivity index (χ4v) is 2.45. The Morgan fingerprint density at radius 3 is 2.62 bits per heavy atom. The van der Waals surface area contributed by atoms with Crippen LogP contribution in [0.2, 0.25) is 0 Å². The van der Waals surface area contributed by atoms with Gasteiger partial charge >= 0.3 is 0 Å². The summed E-state index contributed by atoms with van der Waals surface area (Å²) in [4.78, 5) is 35.9. The zero-order valence-corrected chi connectivity index (χ0v) is 13.5. The highest BCUT2D eigenvalue weighted by molar-refractivity contribution is 6.02. The molecule has 126 valence electrons. The van der Waals surface area contributed by atoms with Crippen molar-refractivity contribution in [1.29, 1.82) is 0 Å². The van der Waals surface area contributed by atoms with Crippen LogP contribution in [0.15, 0.2) is 22.9 Å². The molecule has 0 bridgehead atoms. The number of carbonyl (C=O) groups excluding carboxylic acids is 2. The van der Waals surface area contributed by atoms with Crippen molar-refractivity contribution in [3.63, 3.8) is 0 Å². The standard InChI is InChI=1S/C15H18N6O3/c1-10-9-13(19-24-10)18-14(23)12-3-4-16-15(17-12)21-7-5-20(6-8-21)11(2)22/h3-4,9H,5-8H2,1-2H3,(H,18,19,23). The minimum absolute atomic E-state index is 0.0617. The van der Waals surface area contributed by atoms with Crippen LogP contribution in [0.3, 0.4) is 0 Å². The van der Waals surface area contributed by atoms with Gasteiger partial charge in [-0.25, -0.2) is 9.97 Å². The molecule has 9 heteroatoms. The number of carbonyl (C=O) groups is 2. The van der Waals surface area contributed by atoms with Gasteiger partial charge in [-0.1, -0.05) is 5.16 Å². The molecule has 0 aromatic carbocycles. The zero-order valence-electron chi connectivity index (χ0n) is 13.5. The molecule has 9 nitrogen and oxygen atoms in total. The van der Waals surface area contributed by atoms with Crippen LogP contribution in [0, 0.1) is 6.92 Å². The lowest BCUT2D eigenvalue weighted by Crippen LogP contribution is -2.48. The highest BCUT2D eigenvalue weighted by Gasteiger charge is 2.21. The molecule has 0 spiro atoms. The maximum Gasteiger partial charge on any atom is 0.275 e. The molecule has 0 unspecified atom stereocenters. The van der Waals surface area contributed by atoms with Crippen LogP contribution in [0.4, 0.5) is 11.8 Å². The van der Waals surface area contributed by atoms with E-state index in [4.69, 9.17) is 4.52 Å². The van der Waals surface area contributed by atoms with E-state index in [1.54, 1.807) is 31.0 Å². The summed E-state index contributed by atoms with van der Waals surface area (Å²) >= 11 is 0. The van der Waals surface area contributed by atoms with Crippen LogP contribution >= 0.6 is 0 Å². The molecule has 1 aliphatic rings. The van der Waals surface area contributed by atoms with Crippen molar-refractivity contribution in [3.8, 4) is 0 Å². The Balaban J connectivity index is 1.68. The molecule has 24 heavy (non-hydrogen) atoms. The van der Waals surface area contributed by atoms with E-state index >= 15 is 0 Å². The molecule has 1 saturated heterocycles. The first-order valence-electron chi connectivity index (χ1n) is 7.61. The van der Waals surface area contributed by atoms with E-state index in [0.717, 1.165) is 0 Å². The number of hydrogen-bond donors (Lipinski definition) is 1. The summed E-state index contributed by atoms with van der Waals surface area (Å²) in [6.45, 7) is 5.80. The minimum Gasteiger partial charge on any atom is -0.360 e. The molecule has 3 rings (SSSR count). The smallest absolute Gasteiger partial charge is 0.275 e. The predicted molar refractivity (Wildman–Crippen MR) is 85.7 cm³/mol. The number of anilines is 2. The van der Waals surface area contributed by atoms with E-state index < -0.39 is 0 Å². The summed E-state index contributed by atoms with van der Waals surface area (Å²) in [5, 5.41) is 6.35. The first-order chi connectivity index (χ1) is 11.5. The Hall–Kier alpha value is -2.97. The second-order valence-electron chi connectivity index (χ2n) is 5.51. The molecule has 1 N–H and O–H groups in total. The van der Waals surface area contributed by atoms with Gasteiger partial charge in [0.15, 0.2) is 5.82 Å². The molecule has 0 saturated carbocycles. The van der Waals surface area contributed by atoms with E-state index in [1.807, 2.05) is 4.90 Å². The number of nitrogens with zero attached hydrogens (tertiary/aromatic N) is 5. The number of piperazine rings is 1. The first kappa shape index (κ1) is 15.9. The first-order valence-corrected chi connectivity index (χ1v) is 7.61. The average molecular weight is 330 g/mol. The number of nitrogens with one attached hydrogen (secondary N) is 1. The molecule has 1 aliphatic heterocycles. The van der Waals surface area contributed by atoms with Crippen LogP contribution in [0.1, 0.15) is 23.2 Å². The lowest BCUT2D eigenvalue weighted by atomic mass is 10.3. The maximum absolute atomic E-state index is 12.2. The monoisotopic (exact) mass is 330 g/mol. The van der Waals surface area contributed by atoms with Crippen LogP contribution < -0.4 is 10.2 Å². The van der Waals surface area contributed by atoms with Gasteiger partial charge in [0.25, 0.3) is 5.91 Å². The highest BCUT2D eigenvalue weighted by Crippen LogP contribution is 2.13. The Kier molecular flexibility index (Phi) is 4.41. The van der Waals surface area contributed by atoms with E-state index in [-0.39, 0.29) is 17.5 Å². The van der Waals surface area contributed by atoms with Crippen molar-refractivity contribution < 1.29 is 14.1 Å². The lowest BCUT2D eigenvalue weighted by molar-refractivity contribution is -0.129. The topological polar surface area (TPSA) is 104 Å². The molecule has 0 aliphatic carbocycles. The van der Waals surface area contributed by atoms with Gasteiger partial charge in [-0.3, -0.25) is 9.59 Å². The quantitative estimate of drug-likeness (QED) is 0.883. The number of rotatable bonds is 3. The highest BCUT2D eigenvalue weighted by atomic mass is 16.5. The molecule has 2 aromatic rings. The summed E-state index contributed by atoms with van der Waals surface area (Å²) < 4.78 is 4.91. The van der Waals surface area contributed by atoms with Gasteiger partial charge in [0.1, 0.15) is 11.5 Å². The van der Waals surface area contributed by atoms with E-state index in [1.165, 1.54) is 6.07 Å². The van der Waals surface area contributed by atoms with Gasteiger partial charge in [0, 0.05) is 45.4 Å². The van der Waals surface area contributed by atoms with Crippen LogP contribution in [-0.4, -0.2) is 58.0 Å². The van der Waals surface area contributed by atoms with Gasteiger partial charge in [-0.2, -0.15) is 0 Å². The summed E-state index contributed by atoms with van der Waals surface area (Å²) in [7, 11) is 0. The van der Waals surface area contributed by atoms with Gasteiger partial charge in [-0.05, 0) is 13.0 Å². The summed E-state index contributed by atoms with van der Waals surface area (Å²) in [5.41, 5.74) is 0.245. The number of aryl methyl sites for hydroxylation is 1. The molecular formula is C15H18N6O3. The lowest BCUT2D eigenvalue weighted by Gasteiger charge is -2.34. The van der Waals surface area contributed by atoms with Crippen LogP contribution in [-0.2, 0) is 4.79 Å². The normalized spacial score (nSPS) is 14.6. The number of hydrogen-bond acceptors (Lipinski definition) is 7. The zero-order chi connectivity index (χ0) is 17.1. The van der Waals surface area contributed by atoms with Crippen LogP contribution in [0.25, 0.3) is 0 Å². The molecular weight excluding hydrogens is 312 g/mol. The van der Waals surface area contributed by atoms with Gasteiger partial charge < -0.3 is 19.6 Å². The Morgan fingerprint density at radius 2 is 2.00 bits per heavy atom. The van der Waals surface area contributed by atoms with E-state index in [9.17, 15) is 9.59 Å². The fourth-order valence-electron chi connectivity index (χ4n) is 2.45. The summed E-state index contributed by atoms with van der Waals surface area (Å²) in [5.74, 6) is 1.10. The van der Waals surface area contributed by atoms with E-state index in [2.05, 4.69) is 20.4 Å². The molecule has 0 atom stereocenters. The molecule has 2 amide bonds. The average Bonchev–Trinajstić information content (AvgIpc) is 3.00. The van der Waals surface area contributed by atoms with Crippen molar-refractivity contribution in [2.45, 2.75) is 13.8 Å². The predicted octanol–water partition coefficient (Wildman–Crippen LogP) is 0.694. The van der Waals surface area contributed by atoms with Gasteiger partial charge in [0.2, 0.25) is 11.9 Å². The molecule has 0 radical (unpaired) electrons. The maximum atomic E-state index is 12.2. The SMILES string of the molecule is CC(=O)N1CCN(c2nccc(C(=O)Nc3cc(C)on3)n2)CC1. The second kappa shape index (κ2) is 6.65. The summed E-state index contributed by atoms with van der Waals surface area (Å²) in [6.07, 6.45) is 1.54. The van der Waals surface area contributed by atoms with Crippen molar-refractivity contribution in [2.75, 3.05) is 36.4 Å². The molecule has 3 heterocycles. The molecule has 1 fully saturated rings. The Morgan fingerprint density at radius 1 is 1.25 bits per heavy atom. The second-order valence-corrected chi connectivity index (χ2v) is 5.51. The fraction of sp³-hybridized carbons (Fsp3) is 0.400. The van der Waals surface area contributed by atoms with Crippen molar-refractivity contribution >= 4 is 23.6 Å². The Bertz CT molecular complexity index is 751. The van der Waals surface area contributed by atoms with Crippen molar-refractivity contribution in [3.05, 3.63) is 29.8 Å². The van der Waals surface area contributed by atoms with Crippen molar-refractivity contribution in [2.24, 2.45) is 0 Å². The Labute approximate surface area is 138 Å². The summed E-state index contributed by atoms with van der Waals surface area (Å²) in [6, 6.07) is 3.17. The minimum atomic E-state index is -0.380. The largest absolute Gasteiger partial charge is 0.360 e. The third-order valence-electron chi connectivity index (χ3n) is 3.75. The number of amides is 2. The van der Waals surface area contributed by atoms with Gasteiger partial charge in [0.05, 0.1) is 0 Å². The number of aromatic nitrogens is 3. The van der Waals surface area contributed by atoms with Crippen molar-refractivity contribution in [1.82, 2.24) is 20.0 Å². The van der Waals surface area contributed by atoms with E-state index in [0.29, 0.717) is 43.7 Å². The van der Waals surface area contributed by atoms with Crippen LogP contribution in [0.5, 0.6) is 0 Å². The molecule has 2 aromatic heterocycles. The third kappa shape index (κ3) is 3.50.